The van der Waals surface area contributed by atoms with E-state index in [0.29, 0.717) is 34.8 Å². The quantitative estimate of drug-likeness (QED) is 0.393. The van der Waals surface area contributed by atoms with E-state index in [1.54, 1.807) is 13.2 Å². The van der Waals surface area contributed by atoms with Gasteiger partial charge in [0.25, 0.3) is 11.5 Å². The van der Waals surface area contributed by atoms with Crippen LogP contribution in [0, 0.1) is 0 Å². The average Bonchev–Trinajstić information content (AvgIpc) is 3.39. The lowest BCUT2D eigenvalue weighted by Gasteiger charge is -2.13. The fourth-order valence-corrected chi connectivity index (χ4v) is 5.60. The predicted molar refractivity (Wildman–Crippen MR) is 130 cm³/mol. The van der Waals surface area contributed by atoms with Gasteiger partial charge in [-0.15, -0.1) is 11.3 Å². The van der Waals surface area contributed by atoms with Gasteiger partial charge in [-0.1, -0.05) is 12.1 Å². The monoisotopic (exact) mass is 480 g/mol. The highest BCUT2D eigenvalue weighted by Crippen LogP contribution is 2.38. The summed E-state index contributed by atoms with van der Waals surface area (Å²) in [6.45, 7) is 0.540. The second-order valence-corrected chi connectivity index (χ2v) is 9.27. The van der Waals surface area contributed by atoms with E-state index < -0.39 is 11.5 Å². The van der Waals surface area contributed by atoms with Crippen LogP contribution < -0.4 is 16.2 Å². The Morgan fingerprint density at radius 3 is 2.91 bits per heavy atom. The molecule has 0 radical (unpaired) electrons. The highest BCUT2D eigenvalue weighted by molar-refractivity contribution is 7.17. The second kappa shape index (κ2) is 9.40. The summed E-state index contributed by atoms with van der Waals surface area (Å²) in [5, 5.41) is 6.98. The number of para-hydroxylation sites is 1. The first-order chi connectivity index (χ1) is 16.6. The van der Waals surface area contributed by atoms with Crippen LogP contribution in [0.15, 0.2) is 39.8 Å². The number of furan rings is 1. The molecular formula is C24H24N4O5S. The fourth-order valence-electron chi connectivity index (χ4n) is 4.30. The van der Waals surface area contributed by atoms with E-state index in [1.807, 2.05) is 18.2 Å². The Hall–Kier alpha value is -3.50. The van der Waals surface area contributed by atoms with Crippen LogP contribution in [0.4, 0.5) is 5.00 Å². The number of carbonyl (C=O) groups is 2. The summed E-state index contributed by atoms with van der Waals surface area (Å²) in [6.07, 6.45) is 5.11. The number of rotatable bonds is 7. The molecule has 9 nitrogen and oxygen atoms in total. The topological polar surface area (TPSA) is 115 Å². The molecule has 34 heavy (non-hydrogen) atoms. The van der Waals surface area contributed by atoms with Gasteiger partial charge >= 0.3 is 0 Å². The van der Waals surface area contributed by atoms with E-state index in [2.05, 4.69) is 15.6 Å². The number of hydrogen-bond acceptors (Lipinski definition) is 7. The molecule has 3 aromatic heterocycles. The molecule has 0 aliphatic heterocycles. The molecule has 4 aromatic rings. The van der Waals surface area contributed by atoms with E-state index in [4.69, 9.17) is 9.15 Å². The van der Waals surface area contributed by atoms with Crippen LogP contribution in [0.25, 0.3) is 22.1 Å². The third-order valence-electron chi connectivity index (χ3n) is 5.91. The number of nitrogens with one attached hydrogen (secondary N) is 2. The lowest BCUT2D eigenvalue weighted by Crippen LogP contribution is -2.30. The van der Waals surface area contributed by atoms with Gasteiger partial charge in [0.05, 0.1) is 18.5 Å². The normalized spacial score (nSPS) is 13.2. The van der Waals surface area contributed by atoms with Gasteiger partial charge in [-0.05, 0) is 43.4 Å². The third-order valence-corrected chi connectivity index (χ3v) is 7.11. The molecule has 0 unspecified atom stereocenters. The third kappa shape index (κ3) is 4.10. The lowest BCUT2D eigenvalue weighted by molar-refractivity contribution is -0.116. The van der Waals surface area contributed by atoms with Crippen LogP contribution in [-0.4, -0.2) is 41.6 Å². The standard InChI is InChI=1S/C24H24N4O5S/c1-32-11-10-25-22(30)19-15-7-3-5-9-17(15)34-23(19)27-18(29)12-28-13-26-20-14-6-2-4-8-16(14)33-21(20)24(28)31/h2,4,6,8,13H,3,5,7,9-12H2,1H3,(H,25,30)(H,27,29). The van der Waals surface area contributed by atoms with Crippen molar-refractivity contribution in [1.29, 1.82) is 0 Å². The predicted octanol–water partition coefficient (Wildman–Crippen LogP) is 3.10. The lowest BCUT2D eigenvalue weighted by atomic mass is 9.95. The smallest absolute Gasteiger partial charge is 0.297 e. The van der Waals surface area contributed by atoms with Crippen LogP contribution in [0.1, 0.15) is 33.6 Å². The van der Waals surface area contributed by atoms with E-state index in [1.165, 1.54) is 22.2 Å². The zero-order chi connectivity index (χ0) is 23.7. The van der Waals surface area contributed by atoms with Crippen LogP contribution in [-0.2, 0) is 28.9 Å². The Morgan fingerprint density at radius 2 is 2.06 bits per heavy atom. The number of thiophene rings is 1. The van der Waals surface area contributed by atoms with Gasteiger partial charge in [-0.3, -0.25) is 19.0 Å². The van der Waals surface area contributed by atoms with Crippen LogP contribution in [0.3, 0.4) is 0 Å². The molecule has 0 saturated carbocycles. The summed E-state index contributed by atoms with van der Waals surface area (Å²) in [7, 11) is 1.57. The van der Waals surface area contributed by atoms with Crippen molar-refractivity contribution in [2.24, 2.45) is 0 Å². The Labute approximate surface area is 198 Å². The van der Waals surface area contributed by atoms with E-state index >= 15 is 0 Å². The number of aromatic nitrogens is 2. The summed E-state index contributed by atoms with van der Waals surface area (Å²) >= 11 is 1.43. The van der Waals surface area contributed by atoms with Crippen molar-refractivity contribution in [1.82, 2.24) is 14.9 Å². The molecule has 10 heteroatoms. The number of anilines is 1. The first kappa shape index (κ1) is 22.3. The van der Waals surface area contributed by atoms with Crippen LogP contribution in [0.5, 0.6) is 0 Å². The number of hydrogen-bond donors (Lipinski definition) is 2. The molecule has 0 fully saturated rings. The second-order valence-electron chi connectivity index (χ2n) is 8.17. The summed E-state index contributed by atoms with van der Waals surface area (Å²) in [4.78, 5) is 44.2. The van der Waals surface area contributed by atoms with Crippen LogP contribution >= 0.6 is 11.3 Å². The molecule has 0 bridgehead atoms. The largest absolute Gasteiger partial charge is 0.448 e. The van der Waals surface area contributed by atoms with Gasteiger partial charge in [0.1, 0.15) is 22.6 Å². The van der Waals surface area contributed by atoms with Gasteiger partial charge in [-0.25, -0.2) is 4.98 Å². The van der Waals surface area contributed by atoms with E-state index in [-0.39, 0.29) is 18.0 Å². The van der Waals surface area contributed by atoms with Crippen molar-refractivity contribution < 1.29 is 18.7 Å². The van der Waals surface area contributed by atoms with Crippen molar-refractivity contribution in [3.63, 3.8) is 0 Å². The number of carbonyl (C=O) groups excluding carboxylic acids is 2. The van der Waals surface area contributed by atoms with Crippen molar-refractivity contribution in [2.75, 3.05) is 25.6 Å². The molecular weight excluding hydrogens is 456 g/mol. The number of aryl methyl sites for hydroxylation is 1. The van der Waals surface area contributed by atoms with Crippen molar-refractivity contribution in [3.05, 3.63) is 57.0 Å². The maximum absolute atomic E-state index is 12.9. The summed E-state index contributed by atoms with van der Waals surface area (Å²) in [6, 6.07) is 7.27. The number of benzene rings is 1. The molecule has 0 saturated heterocycles. The molecule has 1 aliphatic rings. The highest BCUT2D eigenvalue weighted by atomic mass is 32.1. The van der Waals surface area contributed by atoms with Gasteiger partial charge < -0.3 is 19.8 Å². The first-order valence-corrected chi connectivity index (χ1v) is 12.0. The van der Waals surface area contributed by atoms with Gasteiger partial charge in [0.2, 0.25) is 11.5 Å². The number of ether oxygens (including phenoxy) is 1. The number of fused-ring (bicyclic) bond motifs is 4. The van der Waals surface area contributed by atoms with Gasteiger partial charge in [0, 0.05) is 23.9 Å². The molecule has 0 spiro atoms. The zero-order valence-corrected chi connectivity index (χ0v) is 19.5. The maximum atomic E-state index is 12.9. The molecule has 3 heterocycles. The molecule has 2 amide bonds. The van der Waals surface area contributed by atoms with E-state index in [9.17, 15) is 14.4 Å². The fraction of sp³-hybridized carbons (Fsp3) is 0.333. The molecule has 0 atom stereocenters. The van der Waals surface area contributed by atoms with Gasteiger partial charge in [-0.2, -0.15) is 0 Å². The average molecular weight is 481 g/mol. The summed E-state index contributed by atoms with van der Waals surface area (Å²) in [5.41, 5.74) is 2.24. The van der Waals surface area contributed by atoms with E-state index in [0.717, 1.165) is 41.5 Å². The molecule has 5 rings (SSSR count). The Bertz CT molecular complexity index is 1450. The minimum Gasteiger partial charge on any atom is -0.448 e. The zero-order valence-electron chi connectivity index (χ0n) is 18.7. The first-order valence-electron chi connectivity index (χ1n) is 11.1. The van der Waals surface area contributed by atoms with Crippen LogP contribution in [0.2, 0.25) is 0 Å². The highest BCUT2D eigenvalue weighted by Gasteiger charge is 2.26. The number of methoxy groups -OCH3 is 1. The number of amides is 2. The van der Waals surface area contributed by atoms with Crippen molar-refractivity contribution >= 4 is 50.2 Å². The summed E-state index contributed by atoms with van der Waals surface area (Å²) in [5.74, 6) is -0.641. The molecule has 2 N–H and O–H groups in total. The Balaban J connectivity index is 1.40. The van der Waals surface area contributed by atoms with Gasteiger partial charge in [0.15, 0.2) is 0 Å². The Kier molecular flexibility index (Phi) is 6.16. The van der Waals surface area contributed by atoms with Crippen molar-refractivity contribution in [3.8, 4) is 0 Å². The SMILES string of the molecule is COCCNC(=O)c1c(NC(=O)Cn2cnc3c(oc4ccccc43)c2=O)sc2c1CCCC2. The number of nitrogens with zero attached hydrogens (tertiary/aromatic N) is 2. The summed E-state index contributed by atoms with van der Waals surface area (Å²) < 4.78 is 11.9. The maximum Gasteiger partial charge on any atom is 0.297 e. The minimum atomic E-state index is -0.431. The molecule has 1 aliphatic carbocycles. The molecule has 176 valence electrons. The Morgan fingerprint density at radius 1 is 1.24 bits per heavy atom. The molecule has 1 aromatic carbocycles. The minimum absolute atomic E-state index is 0.112. The van der Waals surface area contributed by atoms with Crippen molar-refractivity contribution in [2.45, 2.75) is 32.2 Å².